The molecular formula is C21H22N4O. The number of nitrogens with zero attached hydrogens (tertiary/aromatic N) is 4. The van der Waals surface area contributed by atoms with Crippen molar-refractivity contribution < 1.29 is 4.79 Å². The molecule has 0 unspecified atom stereocenters. The Morgan fingerprint density at radius 2 is 1.81 bits per heavy atom. The van der Waals surface area contributed by atoms with Crippen molar-refractivity contribution in [2.75, 3.05) is 13.1 Å². The van der Waals surface area contributed by atoms with E-state index in [1.165, 1.54) is 0 Å². The third kappa shape index (κ3) is 3.31. The number of carbonyl (C=O) groups is 1. The monoisotopic (exact) mass is 346 g/mol. The van der Waals surface area contributed by atoms with Crippen LogP contribution in [0.3, 0.4) is 0 Å². The van der Waals surface area contributed by atoms with Gasteiger partial charge in [-0.2, -0.15) is 5.26 Å². The van der Waals surface area contributed by atoms with Crippen LogP contribution in [0.15, 0.2) is 48.8 Å². The Morgan fingerprint density at radius 1 is 1.12 bits per heavy atom. The Hall–Kier alpha value is -3.13. The van der Waals surface area contributed by atoms with E-state index in [0.29, 0.717) is 11.1 Å². The first-order valence-electron chi connectivity index (χ1n) is 9.03. The predicted octanol–water partition coefficient (Wildman–Crippen LogP) is 4.16. The van der Waals surface area contributed by atoms with E-state index in [2.05, 4.69) is 11.1 Å². The Bertz CT molecular complexity index is 944. The van der Waals surface area contributed by atoms with Crippen molar-refractivity contribution in [3.05, 3.63) is 59.9 Å². The van der Waals surface area contributed by atoms with Gasteiger partial charge < -0.3 is 9.47 Å². The zero-order valence-electron chi connectivity index (χ0n) is 15.1. The van der Waals surface area contributed by atoms with Crippen LogP contribution in [0, 0.1) is 11.3 Å². The number of amides is 1. The van der Waals surface area contributed by atoms with Gasteiger partial charge in [0.1, 0.15) is 5.65 Å². The minimum absolute atomic E-state index is 0.0630. The number of likely N-dealkylation sites (tertiary alicyclic amines) is 1. The first-order chi connectivity index (χ1) is 12.8. The Labute approximate surface area is 153 Å². The third-order valence-electron chi connectivity index (χ3n) is 4.44. The van der Waals surface area contributed by atoms with Crippen LogP contribution in [-0.4, -0.2) is 33.4 Å². The number of nitriles is 1. The molecule has 0 spiro atoms. The van der Waals surface area contributed by atoms with E-state index in [-0.39, 0.29) is 5.91 Å². The molecule has 5 nitrogen and oxygen atoms in total. The molecule has 3 heterocycles. The highest BCUT2D eigenvalue weighted by atomic mass is 16.2. The largest absolute Gasteiger partial charge is 0.339 e. The smallest absolute Gasteiger partial charge is 0.255 e. The fourth-order valence-electron chi connectivity index (χ4n) is 3.15. The molecule has 1 saturated heterocycles. The summed E-state index contributed by atoms with van der Waals surface area (Å²) in [5.74, 6) is 0.0630. The van der Waals surface area contributed by atoms with Crippen LogP contribution >= 0.6 is 0 Å². The molecule has 0 N–H and O–H groups in total. The van der Waals surface area contributed by atoms with Crippen molar-refractivity contribution in [3.63, 3.8) is 0 Å². The van der Waals surface area contributed by atoms with Crippen molar-refractivity contribution in [1.29, 1.82) is 5.26 Å². The lowest BCUT2D eigenvalue weighted by Crippen LogP contribution is -2.27. The Kier molecular flexibility index (Phi) is 5.33. The Morgan fingerprint density at radius 3 is 2.46 bits per heavy atom. The summed E-state index contributed by atoms with van der Waals surface area (Å²) < 4.78 is 1.96. The summed E-state index contributed by atoms with van der Waals surface area (Å²) >= 11 is 0. The van der Waals surface area contributed by atoms with E-state index in [1.807, 2.05) is 53.8 Å². The molecule has 1 amide bonds. The number of aromatic nitrogens is 2. The summed E-state index contributed by atoms with van der Waals surface area (Å²) in [6, 6.07) is 13.3. The molecule has 1 aliphatic heterocycles. The fraction of sp³-hybridized carbons (Fsp3) is 0.286. The summed E-state index contributed by atoms with van der Waals surface area (Å²) in [5.41, 5.74) is 3.01. The second kappa shape index (κ2) is 7.83. The Balaban J connectivity index is 0.000000948. The van der Waals surface area contributed by atoms with Gasteiger partial charge in [0, 0.05) is 36.6 Å². The van der Waals surface area contributed by atoms with E-state index in [0.717, 1.165) is 42.7 Å². The molecule has 2 aromatic heterocycles. The van der Waals surface area contributed by atoms with Gasteiger partial charge in [0.25, 0.3) is 5.91 Å². The molecule has 3 aromatic rings. The van der Waals surface area contributed by atoms with Gasteiger partial charge in [-0.05, 0) is 49.2 Å². The summed E-state index contributed by atoms with van der Waals surface area (Å²) in [7, 11) is 0. The van der Waals surface area contributed by atoms with E-state index in [1.54, 1.807) is 18.3 Å². The average molecular weight is 346 g/mol. The normalized spacial score (nSPS) is 13.2. The second-order valence-electron chi connectivity index (χ2n) is 5.98. The first kappa shape index (κ1) is 17.7. The molecular weight excluding hydrogens is 324 g/mol. The van der Waals surface area contributed by atoms with Gasteiger partial charge in [-0.1, -0.05) is 13.8 Å². The maximum Gasteiger partial charge on any atom is 0.255 e. The summed E-state index contributed by atoms with van der Waals surface area (Å²) in [5, 5.41) is 9.83. The van der Waals surface area contributed by atoms with Gasteiger partial charge in [-0.15, -0.1) is 0 Å². The zero-order chi connectivity index (χ0) is 18.5. The molecule has 0 radical (unpaired) electrons. The molecule has 132 valence electrons. The van der Waals surface area contributed by atoms with Gasteiger partial charge in [0.2, 0.25) is 0 Å². The molecule has 4 rings (SSSR count). The maximum absolute atomic E-state index is 12.5. The van der Waals surface area contributed by atoms with Crippen molar-refractivity contribution in [2.45, 2.75) is 26.7 Å². The van der Waals surface area contributed by atoms with Crippen LogP contribution in [0.25, 0.3) is 16.7 Å². The van der Waals surface area contributed by atoms with E-state index in [9.17, 15) is 4.79 Å². The standard InChI is InChI=1S/C19H16N4O.C2H6/c20-12-14-3-5-17(6-4-14)23-10-7-15-11-16(13-21-18(15)23)19(24)22-8-1-2-9-22;1-2/h3-7,10-11,13H,1-2,8-9H2;1-2H3. The van der Waals surface area contributed by atoms with Crippen molar-refractivity contribution in [1.82, 2.24) is 14.5 Å². The molecule has 0 saturated carbocycles. The van der Waals surface area contributed by atoms with Crippen molar-refractivity contribution in [3.8, 4) is 11.8 Å². The van der Waals surface area contributed by atoms with Crippen LogP contribution in [0.1, 0.15) is 42.6 Å². The number of carbonyl (C=O) groups excluding carboxylic acids is 1. The number of benzene rings is 1. The lowest BCUT2D eigenvalue weighted by atomic mass is 10.2. The zero-order valence-corrected chi connectivity index (χ0v) is 15.1. The third-order valence-corrected chi connectivity index (χ3v) is 4.44. The fourth-order valence-corrected chi connectivity index (χ4v) is 3.15. The van der Waals surface area contributed by atoms with Crippen LogP contribution in [0.4, 0.5) is 0 Å². The molecule has 1 fully saturated rings. The minimum atomic E-state index is 0.0630. The molecule has 26 heavy (non-hydrogen) atoms. The number of hydrogen-bond acceptors (Lipinski definition) is 3. The van der Waals surface area contributed by atoms with E-state index in [4.69, 9.17) is 5.26 Å². The maximum atomic E-state index is 12.5. The molecule has 1 aromatic carbocycles. The average Bonchev–Trinajstić information content (AvgIpc) is 3.38. The number of fused-ring (bicyclic) bond motifs is 1. The highest BCUT2D eigenvalue weighted by molar-refractivity contribution is 5.97. The molecule has 0 atom stereocenters. The summed E-state index contributed by atoms with van der Waals surface area (Å²) in [6.07, 6.45) is 5.75. The highest BCUT2D eigenvalue weighted by Gasteiger charge is 2.20. The van der Waals surface area contributed by atoms with Gasteiger partial charge in [-0.25, -0.2) is 4.98 Å². The van der Waals surface area contributed by atoms with Gasteiger partial charge in [0.15, 0.2) is 0 Å². The summed E-state index contributed by atoms with van der Waals surface area (Å²) in [6.45, 7) is 5.67. The van der Waals surface area contributed by atoms with Crippen LogP contribution in [-0.2, 0) is 0 Å². The molecule has 1 aliphatic rings. The van der Waals surface area contributed by atoms with Crippen LogP contribution in [0.2, 0.25) is 0 Å². The minimum Gasteiger partial charge on any atom is -0.339 e. The lowest BCUT2D eigenvalue weighted by Gasteiger charge is -2.15. The quantitative estimate of drug-likeness (QED) is 0.700. The predicted molar refractivity (Wildman–Crippen MR) is 102 cm³/mol. The highest BCUT2D eigenvalue weighted by Crippen LogP contribution is 2.21. The topological polar surface area (TPSA) is 61.9 Å². The number of hydrogen-bond donors (Lipinski definition) is 0. The number of rotatable bonds is 2. The first-order valence-corrected chi connectivity index (χ1v) is 9.03. The lowest BCUT2D eigenvalue weighted by molar-refractivity contribution is 0.0792. The summed E-state index contributed by atoms with van der Waals surface area (Å²) in [4.78, 5) is 18.9. The van der Waals surface area contributed by atoms with Crippen molar-refractivity contribution in [2.24, 2.45) is 0 Å². The van der Waals surface area contributed by atoms with Crippen LogP contribution < -0.4 is 0 Å². The molecule has 5 heteroatoms. The van der Waals surface area contributed by atoms with Crippen LogP contribution in [0.5, 0.6) is 0 Å². The number of pyridine rings is 1. The van der Waals surface area contributed by atoms with Gasteiger partial charge in [-0.3, -0.25) is 4.79 Å². The SMILES string of the molecule is CC.N#Cc1ccc(-n2ccc3cc(C(=O)N4CCCC4)cnc32)cc1. The van der Waals surface area contributed by atoms with E-state index < -0.39 is 0 Å². The second-order valence-corrected chi connectivity index (χ2v) is 5.98. The molecule has 0 aliphatic carbocycles. The van der Waals surface area contributed by atoms with Gasteiger partial charge in [0.05, 0.1) is 17.2 Å². The molecule has 0 bridgehead atoms. The van der Waals surface area contributed by atoms with Gasteiger partial charge >= 0.3 is 0 Å². The van der Waals surface area contributed by atoms with Crippen molar-refractivity contribution >= 4 is 16.9 Å². The van der Waals surface area contributed by atoms with E-state index >= 15 is 0 Å².